The number of phenols is 1. The topological polar surface area (TPSA) is 77.8 Å². The van der Waals surface area contributed by atoms with Crippen molar-refractivity contribution in [3.63, 3.8) is 0 Å². The Bertz CT molecular complexity index is 505. The maximum Gasteiger partial charge on any atom is 0.305 e. The highest BCUT2D eigenvalue weighted by atomic mass is 16.4. The molecule has 0 bridgehead atoms. The van der Waals surface area contributed by atoms with E-state index in [1.165, 1.54) is 0 Å². The van der Waals surface area contributed by atoms with Gasteiger partial charge in [-0.25, -0.2) is 0 Å². The first-order valence-corrected chi connectivity index (χ1v) is 7.01. The predicted molar refractivity (Wildman–Crippen MR) is 80.1 cm³/mol. The van der Waals surface area contributed by atoms with Gasteiger partial charge in [0.1, 0.15) is 5.75 Å². The lowest BCUT2D eigenvalue weighted by Crippen LogP contribution is -2.46. The van der Waals surface area contributed by atoms with Crippen LogP contribution in [0.1, 0.15) is 39.2 Å². The number of nitrogens with zero attached hydrogens (tertiary/aromatic N) is 1. The normalized spacial score (nSPS) is 11.2. The summed E-state index contributed by atoms with van der Waals surface area (Å²) in [5.41, 5.74) is 0.295. The Morgan fingerprint density at radius 2 is 1.76 bits per heavy atom. The van der Waals surface area contributed by atoms with Gasteiger partial charge in [0.25, 0.3) is 0 Å². The zero-order chi connectivity index (χ0) is 16.0. The number of aliphatic carboxylic acids is 1. The van der Waals surface area contributed by atoms with Crippen LogP contribution in [-0.4, -0.2) is 39.1 Å². The van der Waals surface area contributed by atoms with Crippen LogP contribution in [0.25, 0.3) is 0 Å². The van der Waals surface area contributed by atoms with Gasteiger partial charge in [0, 0.05) is 18.5 Å². The third-order valence-electron chi connectivity index (χ3n) is 3.26. The molecule has 5 nitrogen and oxygen atoms in total. The summed E-state index contributed by atoms with van der Waals surface area (Å²) < 4.78 is 0. The van der Waals surface area contributed by atoms with Crippen LogP contribution >= 0.6 is 0 Å². The summed E-state index contributed by atoms with van der Waals surface area (Å²) in [4.78, 5) is 24.6. The van der Waals surface area contributed by atoms with Gasteiger partial charge in [0.05, 0.1) is 6.42 Å². The molecule has 0 radical (unpaired) electrons. The van der Waals surface area contributed by atoms with Crippen molar-refractivity contribution in [2.75, 3.05) is 6.54 Å². The van der Waals surface area contributed by atoms with Gasteiger partial charge in [-0.1, -0.05) is 18.2 Å². The van der Waals surface area contributed by atoms with Gasteiger partial charge in [-0.3, -0.25) is 9.59 Å². The summed E-state index contributed by atoms with van der Waals surface area (Å²) in [5, 5.41) is 18.5. The summed E-state index contributed by atoms with van der Waals surface area (Å²) in [6.07, 6.45) is 0.610. The summed E-state index contributed by atoms with van der Waals surface area (Å²) in [6, 6.07) is 6.91. The van der Waals surface area contributed by atoms with E-state index in [0.29, 0.717) is 6.42 Å². The molecule has 0 spiro atoms. The van der Waals surface area contributed by atoms with Crippen LogP contribution in [0.15, 0.2) is 24.3 Å². The predicted octanol–water partition coefficient (Wildman–Crippen LogP) is 2.43. The third-order valence-corrected chi connectivity index (χ3v) is 3.26. The quantitative estimate of drug-likeness (QED) is 0.844. The van der Waals surface area contributed by atoms with Crippen LogP contribution in [0, 0.1) is 0 Å². The zero-order valence-corrected chi connectivity index (χ0v) is 12.8. The van der Waals surface area contributed by atoms with E-state index in [-0.39, 0.29) is 31.0 Å². The fourth-order valence-corrected chi connectivity index (χ4v) is 2.14. The standard InChI is InChI=1S/C16H23NO4/c1-16(2,3)17(11-10-15(20)21)14(19)9-8-12-6-4-5-7-13(12)18/h4-7,18H,8-11H2,1-3H3,(H,20,21). The van der Waals surface area contributed by atoms with Crippen molar-refractivity contribution in [3.05, 3.63) is 29.8 Å². The molecule has 0 heterocycles. The second kappa shape index (κ2) is 7.11. The molecule has 1 amide bonds. The molecule has 0 atom stereocenters. The SMILES string of the molecule is CC(C)(C)N(CCC(=O)O)C(=O)CCc1ccccc1O. The number of carbonyl (C=O) groups is 2. The van der Waals surface area contributed by atoms with E-state index in [2.05, 4.69) is 0 Å². The molecule has 0 saturated heterocycles. The Labute approximate surface area is 125 Å². The molecule has 21 heavy (non-hydrogen) atoms. The summed E-state index contributed by atoms with van der Waals surface area (Å²) in [6.45, 7) is 5.84. The lowest BCUT2D eigenvalue weighted by atomic mass is 10.0. The molecule has 0 aliphatic rings. The number of carboxylic acids is 1. The second-order valence-corrected chi connectivity index (χ2v) is 5.99. The number of carbonyl (C=O) groups excluding carboxylic acids is 1. The molecule has 116 valence electrons. The van der Waals surface area contributed by atoms with Crippen LogP contribution in [0.2, 0.25) is 0 Å². The fraction of sp³-hybridized carbons (Fsp3) is 0.500. The van der Waals surface area contributed by atoms with E-state index < -0.39 is 11.5 Å². The molecule has 0 aliphatic carbocycles. The van der Waals surface area contributed by atoms with Crippen molar-refractivity contribution in [1.82, 2.24) is 4.90 Å². The Kier molecular flexibility index (Phi) is 5.76. The van der Waals surface area contributed by atoms with Crippen molar-refractivity contribution >= 4 is 11.9 Å². The highest BCUT2D eigenvalue weighted by Crippen LogP contribution is 2.20. The summed E-state index contributed by atoms with van der Waals surface area (Å²) >= 11 is 0. The molecule has 0 aromatic heterocycles. The Hall–Kier alpha value is -2.04. The highest BCUT2D eigenvalue weighted by molar-refractivity contribution is 5.78. The van der Waals surface area contributed by atoms with E-state index in [0.717, 1.165) is 5.56 Å². The first kappa shape index (κ1) is 17.0. The first-order chi connectivity index (χ1) is 9.71. The van der Waals surface area contributed by atoms with E-state index in [4.69, 9.17) is 5.11 Å². The monoisotopic (exact) mass is 293 g/mol. The number of aromatic hydroxyl groups is 1. The van der Waals surface area contributed by atoms with E-state index in [1.807, 2.05) is 26.8 Å². The molecule has 0 aliphatic heterocycles. The van der Waals surface area contributed by atoms with Crippen LogP contribution in [0.4, 0.5) is 0 Å². The largest absolute Gasteiger partial charge is 0.508 e. The minimum atomic E-state index is -0.919. The Morgan fingerprint density at radius 3 is 2.29 bits per heavy atom. The number of phenolic OH excluding ortho intramolecular Hbond substituents is 1. The number of hydrogen-bond acceptors (Lipinski definition) is 3. The lowest BCUT2D eigenvalue weighted by Gasteiger charge is -2.35. The van der Waals surface area contributed by atoms with Gasteiger partial charge in [0.2, 0.25) is 5.91 Å². The first-order valence-electron chi connectivity index (χ1n) is 7.01. The molecule has 0 saturated carbocycles. The van der Waals surface area contributed by atoms with Crippen LogP contribution in [0.5, 0.6) is 5.75 Å². The van der Waals surface area contributed by atoms with E-state index >= 15 is 0 Å². The van der Waals surface area contributed by atoms with E-state index in [9.17, 15) is 14.7 Å². The van der Waals surface area contributed by atoms with Crippen molar-refractivity contribution < 1.29 is 19.8 Å². The van der Waals surface area contributed by atoms with E-state index in [1.54, 1.807) is 23.1 Å². The Morgan fingerprint density at radius 1 is 1.14 bits per heavy atom. The minimum absolute atomic E-state index is 0.0698. The molecule has 1 aromatic carbocycles. The maximum absolute atomic E-state index is 12.3. The smallest absolute Gasteiger partial charge is 0.305 e. The number of para-hydroxylation sites is 1. The van der Waals surface area contributed by atoms with Gasteiger partial charge < -0.3 is 15.1 Å². The lowest BCUT2D eigenvalue weighted by molar-refractivity contribution is -0.140. The third kappa shape index (κ3) is 5.45. The molecule has 1 rings (SSSR count). The number of benzene rings is 1. The molecular weight excluding hydrogens is 270 g/mol. The average Bonchev–Trinajstić information content (AvgIpc) is 2.36. The van der Waals surface area contributed by atoms with Crippen molar-refractivity contribution in [3.8, 4) is 5.75 Å². The summed E-state index contributed by atoms with van der Waals surface area (Å²) in [5.74, 6) is -0.845. The van der Waals surface area contributed by atoms with Gasteiger partial charge in [-0.05, 0) is 38.8 Å². The van der Waals surface area contributed by atoms with Gasteiger partial charge in [0.15, 0.2) is 0 Å². The molecule has 5 heteroatoms. The summed E-state index contributed by atoms with van der Waals surface area (Å²) in [7, 11) is 0. The maximum atomic E-state index is 12.3. The molecular formula is C16H23NO4. The van der Waals surface area contributed by atoms with Crippen LogP contribution < -0.4 is 0 Å². The van der Waals surface area contributed by atoms with Gasteiger partial charge >= 0.3 is 5.97 Å². The minimum Gasteiger partial charge on any atom is -0.508 e. The molecule has 2 N–H and O–H groups in total. The number of aryl methyl sites for hydroxylation is 1. The van der Waals surface area contributed by atoms with Gasteiger partial charge in [-0.2, -0.15) is 0 Å². The number of rotatable bonds is 6. The number of hydrogen-bond donors (Lipinski definition) is 2. The van der Waals surface area contributed by atoms with Crippen LogP contribution in [-0.2, 0) is 16.0 Å². The molecule has 1 aromatic rings. The van der Waals surface area contributed by atoms with Crippen LogP contribution in [0.3, 0.4) is 0 Å². The number of carboxylic acid groups (broad SMARTS) is 1. The van der Waals surface area contributed by atoms with Crippen molar-refractivity contribution in [2.45, 2.75) is 45.6 Å². The van der Waals surface area contributed by atoms with Gasteiger partial charge in [-0.15, -0.1) is 0 Å². The second-order valence-electron chi connectivity index (χ2n) is 5.99. The average molecular weight is 293 g/mol. The highest BCUT2D eigenvalue weighted by Gasteiger charge is 2.26. The van der Waals surface area contributed by atoms with Crippen molar-refractivity contribution in [1.29, 1.82) is 0 Å². The Balaban J connectivity index is 2.69. The fourth-order valence-electron chi connectivity index (χ4n) is 2.14. The molecule has 0 unspecified atom stereocenters. The van der Waals surface area contributed by atoms with Crippen molar-refractivity contribution in [2.24, 2.45) is 0 Å². The zero-order valence-electron chi connectivity index (χ0n) is 12.8. The molecule has 0 fully saturated rings. The number of amides is 1.